The normalized spacial score (nSPS) is 11.1. The van der Waals surface area contributed by atoms with Crippen molar-refractivity contribution in [3.63, 3.8) is 0 Å². The number of halogens is 2. The lowest BCUT2D eigenvalue weighted by molar-refractivity contribution is -0.116. The third-order valence-electron chi connectivity index (χ3n) is 6.28. The SMILES string of the molecule is COc1ccc(CN(CC(=O)Nc2ccc(-c3ccccc3S(C)(=O)=O)cc2F)C(N)=O)cc1-c1ccc(Cl)cc1. The van der Waals surface area contributed by atoms with Crippen LogP contribution in [0.15, 0.2) is 89.8 Å². The molecule has 3 N–H and O–H groups in total. The summed E-state index contributed by atoms with van der Waals surface area (Å²) in [5.74, 6) is -0.830. The molecule has 11 heteroatoms. The minimum atomic E-state index is -3.55. The van der Waals surface area contributed by atoms with Crippen molar-refractivity contribution in [3.8, 4) is 28.0 Å². The number of nitrogens with zero attached hydrogens (tertiary/aromatic N) is 1. The Kier molecular flexibility index (Phi) is 8.95. The van der Waals surface area contributed by atoms with Crippen molar-refractivity contribution in [2.24, 2.45) is 5.73 Å². The smallest absolute Gasteiger partial charge is 0.315 e. The van der Waals surface area contributed by atoms with Gasteiger partial charge in [-0.1, -0.05) is 54.1 Å². The van der Waals surface area contributed by atoms with Crippen LogP contribution in [0.1, 0.15) is 5.56 Å². The molecule has 0 bridgehead atoms. The van der Waals surface area contributed by atoms with Gasteiger partial charge in [0.25, 0.3) is 0 Å². The van der Waals surface area contributed by atoms with Gasteiger partial charge < -0.3 is 20.7 Å². The maximum Gasteiger partial charge on any atom is 0.315 e. The number of benzene rings is 4. The fraction of sp³-hybridized carbons (Fsp3) is 0.133. The topological polar surface area (TPSA) is 119 Å². The molecule has 0 radical (unpaired) electrons. The monoisotopic (exact) mass is 595 g/mol. The van der Waals surface area contributed by atoms with Crippen LogP contribution in [0.3, 0.4) is 0 Å². The summed E-state index contributed by atoms with van der Waals surface area (Å²) in [5, 5.41) is 3.03. The molecule has 0 aliphatic heterocycles. The van der Waals surface area contributed by atoms with E-state index in [0.29, 0.717) is 27.5 Å². The third kappa shape index (κ3) is 7.22. The molecule has 0 saturated carbocycles. The first-order chi connectivity index (χ1) is 19.5. The molecule has 0 heterocycles. The predicted molar refractivity (Wildman–Crippen MR) is 157 cm³/mol. The summed E-state index contributed by atoms with van der Waals surface area (Å²) in [6.07, 6.45) is 1.08. The molecule has 4 aromatic rings. The van der Waals surface area contributed by atoms with Crippen molar-refractivity contribution in [1.29, 1.82) is 0 Å². The number of primary amides is 1. The number of rotatable bonds is 9. The Balaban J connectivity index is 1.50. The highest BCUT2D eigenvalue weighted by atomic mass is 35.5. The molecule has 41 heavy (non-hydrogen) atoms. The van der Waals surface area contributed by atoms with Crippen molar-refractivity contribution >= 4 is 39.1 Å². The first-order valence-electron chi connectivity index (χ1n) is 12.3. The maximum absolute atomic E-state index is 15.0. The lowest BCUT2D eigenvalue weighted by Gasteiger charge is -2.21. The van der Waals surface area contributed by atoms with Gasteiger partial charge in [0, 0.05) is 29.0 Å². The fourth-order valence-electron chi connectivity index (χ4n) is 4.32. The van der Waals surface area contributed by atoms with Gasteiger partial charge >= 0.3 is 6.03 Å². The van der Waals surface area contributed by atoms with Gasteiger partial charge in [0.2, 0.25) is 5.91 Å². The maximum atomic E-state index is 15.0. The van der Waals surface area contributed by atoms with E-state index in [0.717, 1.165) is 28.3 Å². The molecule has 0 aromatic heterocycles. The van der Waals surface area contributed by atoms with Crippen LogP contribution in [-0.4, -0.2) is 45.2 Å². The largest absolute Gasteiger partial charge is 0.496 e. The van der Waals surface area contributed by atoms with Crippen LogP contribution in [0.2, 0.25) is 5.02 Å². The number of amides is 3. The van der Waals surface area contributed by atoms with Gasteiger partial charge in [-0.2, -0.15) is 0 Å². The number of hydrogen-bond donors (Lipinski definition) is 2. The molecule has 0 unspecified atom stereocenters. The molecule has 4 rings (SSSR count). The van der Waals surface area contributed by atoms with Gasteiger partial charge in [0.1, 0.15) is 18.1 Å². The summed E-state index contributed by atoms with van der Waals surface area (Å²) in [5.41, 5.74) is 8.38. The van der Waals surface area contributed by atoms with Crippen molar-refractivity contribution < 1.29 is 27.1 Å². The molecule has 4 aromatic carbocycles. The number of nitrogens with one attached hydrogen (secondary N) is 1. The molecular formula is C30H27ClFN3O5S. The Morgan fingerprint density at radius 1 is 0.951 bits per heavy atom. The Bertz CT molecular complexity index is 1710. The van der Waals surface area contributed by atoms with Crippen LogP contribution < -0.4 is 15.8 Å². The highest BCUT2D eigenvalue weighted by molar-refractivity contribution is 7.90. The number of anilines is 1. The zero-order valence-corrected chi connectivity index (χ0v) is 23.8. The van der Waals surface area contributed by atoms with E-state index in [-0.39, 0.29) is 17.1 Å². The van der Waals surface area contributed by atoms with E-state index < -0.39 is 34.1 Å². The second kappa shape index (κ2) is 12.4. The summed E-state index contributed by atoms with van der Waals surface area (Å²) < 4.78 is 44.7. The lowest BCUT2D eigenvalue weighted by atomic mass is 10.0. The van der Waals surface area contributed by atoms with Crippen molar-refractivity contribution in [3.05, 3.63) is 101 Å². The molecule has 8 nitrogen and oxygen atoms in total. The van der Waals surface area contributed by atoms with Crippen molar-refractivity contribution in [2.45, 2.75) is 11.4 Å². The Morgan fingerprint density at radius 3 is 2.27 bits per heavy atom. The fourth-order valence-corrected chi connectivity index (χ4v) is 5.35. The Hall–Kier alpha value is -4.41. The van der Waals surface area contributed by atoms with Crippen LogP contribution in [0, 0.1) is 5.82 Å². The zero-order valence-electron chi connectivity index (χ0n) is 22.2. The first kappa shape index (κ1) is 29.6. The average Bonchev–Trinajstić information content (AvgIpc) is 2.93. The second-order valence-corrected chi connectivity index (χ2v) is 11.7. The summed E-state index contributed by atoms with van der Waals surface area (Å²) in [6.45, 7) is -0.424. The summed E-state index contributed by atoms with van der Waals surface area (Å²) in [7, 11) is -2.00. The van der Waals surface area contributed by atoms with Crippen molar-refractivity contribution in [2.75, 3.05) is 25.2 Å². The van der Waals surface area contributed by atoms with E-state index in [9.17, 15) is 22.4 Å². The number of methoxy groups -OCH3 is 1. The van der Waals surface area contributed by atoms with E-state index in [4.69, 9.17) is 22.1 Å². The van der Waals surface area contributed by atoms with Crippen LogP contribution in [0.25, 0.3) is 22.3 Å². The van der Waals surface area contributed by atoms with Crippen LogP contribution in [0.5, 0.6) is 5.75 Å². The molecule has 0 fully saturated rings. The molecular weight excluding hydrogens is 569 g/mol. The molecule has 3 amide bonds. The van der Waals surface area contributed by atoms with E-state index in [1.54, 1.807) is 49.6 Å². The molecule has 0 spiro atoms. The zero-order chi connectivity index (χ0) is 29.7. The third-order valence-corrected chi connectivity index (χ3v) is 7.69. The molecule has 212 valence electrons. The highest BCUT2D eigenvalue weighted by Gasteiger charge is 2.19. The number of nitrogens with two attached hydrogens (primary N) is 1. The number of carbonyl (C=O) groups is 2. The second-order valence-electron chi connectivity index (χ2n) is 9.25. The quantitative estimate of drug-likeness (QED) is 0.256. The van der Waals surface area contributed by atoms with E-state index >= 15 is 0 Å². The van der Waals surface area contributed by atoms with Crippen LogP contribution >= 0.6 is 11.6 Å². The number of urea groups is 1. The Labute approximate surface area is 242 Å². The average molecular weight is 596 g/mol. The van der Waals surface area contributed by atoms with E-state index in [1.807, 2.05) is 18.2 Å². The van der Waals surface area contributed by atoms with Gasteiger partial charge in [-0.15, -0.1) is 0 Å². The number of ether oxygens (including phenoxy) is 1. The van der Waals surface area contributed by atoms with Crippen LogP contribution in [-0.2, 0) is 21.2 Å². The van der Waals surface area contributed by atoms with Gasteiger partial charge in [-0.25, -0.2) is 17.6 Å². The Morgan fingerprint density at radius 2 is 1.63 bits per heavy atom. The predicted octanol–water partition coefficient (Wildman–Crippen LogP) is 5.74. The highest BCUT2D eigenvalue weighted by Crippen LogP contribution is 2.32. The summed E-state index contributed by atoms with van der Waals surface area (Å²) in [6, 6.07) is 21.9. The molecule has 0 aliphatic rings. The minimum Gasteiger partial charge on any atom is -0.496 e. The number of hydrogen-bond acceptors (Lipinski definition) is 5. The van der Waals surface area contributed by atoms with Gasteiger partial charge in [0.05, 0.1) is 17.7 Å². The van der Waals surface area contributed by atoms with Crippen LogP contribution in [0.4, 0.5) is 14.9 Å². The molecule has 0 saturated heterocycles. The number of carbonyl (C=O) groups excluding carboxylic acids is 2. The van der Waals surface area contributed by atoms with Gasteiger partial charge in [0.15, 0.2) is 9.84 Å². The number of sulfone groups is 1. The molecule has 0 atom stereocenters. The van der Waals surface area contributed by atoms with E-state index in [1.165, 1.54) is 18.2 Å². The van der Waals surface area contributed by atoms with Gasteiger partial charge in [-0.3, -0.25) is 4.79 Å². The summed E-state index contributed by atoms with van der Waals surface area (Å²) >= 11 is 6.01. The first-order valence-corrected chi connectivity index (χ1v) is 14.6. The molecule has 0 aliphatic carbocycles. The standard InChI is InChI=1S/C30H27ClFN3O5S/c1-40-27-14-7-19(15-24(27)20-8-11-22(31)12-9-20)17-35(30(33)37)18-29(36)34-26-13-10-21(16-25(26)32)23-5-3-4-6-28(23)41(2,38)39/h3-16H,17-18H2,1-2H3,(H2,33,37)(H,34,36). The minimum absolute atomic E-state index is 0.0109. The van der Waals surface area contributed by atoms with E-state index in [2.05, 4.69) is 5.32 Å². The lowest BCUT2D eigenvalue weighted by Crippen LogP contribution is -2.40. The van der Waals surface area contributed by atoms with Crippen molar-refractivity contribution in [1.82, 2.24) is 4.90 Å². The summed E-state index contributed by atoms with van der Waals surface area (Å²) in [4.78, 5) is 26.2. The van der Waals surface area contributed by atoms with Gasteiger partial charge in [-0.05, 0) is 59.2 Å².